The molecule has 0 unspecified atom stereocenters. The average Bonchev–Trinajstić information content (AvgIpc) is 2.86. The highest BCUT2D eigenvalue weighted by Crippen LogP contribution is 2.20. The monoisotopic (exact) mass is 308 g/mol. The summed E-state index contributed by atoms with van der Waals surface area (Å²) < 4.78 is 41.4. The van der Waals surface area contributed by atoms with Gasteiger partial charge in [-0.3, -0.25) is 9.40 Å². The van der Waals surface area contributed by atoms with Gasteiger partial charge in [0.05, 0.1) is 24.0 Å². The Morgan fingerprint density at radius 3 is 2.86 bits per heavy atom. The van der Waals surface area contributed by atoms with E-state index in [2.05, 4.69) is 21.7 Å². The maximum Gasteiger partial charge on any atom is 0.265 e. The topological polar surface area (TPSA) is 90.0 Å². The number of rotatable bonds is 3. The van der Waals surface area contributed by atoms with Crippen LogP contribution in [0.1, 0.15) is 5.56 Å². The first-order valence-corrected chi connectivity index (χ1v) is 7.40. The molecule has 2 rings (SSSR count). The van der Waals surface area contributed by atoms with Crippen molar-refractivity contribution in [1.29, 1.82) is 0 Å². The van der Waals surface area contributed by atoms with E-state index in [1.54, 1.807) is 7.05 Å². The molecule has 0 aliphatic heterocycles. The summed E-state index contributed by atoms with van der Waals surface area (Å²) in [4.78, 5) is 0.00654. The van der Waals surface area contributed by atoms with Gasteiger partial charge in [-0.25, -0.2) is 12.8 Å². The first-order valence-electron chi connectivity index (χ1n) is 5.92. The second kappa shape index (κ2) is 5.95. The van der Waals surface area contributed by atoms with Crippen LogP contribution >= 0.6 is 0 Å². The van der Waals surface area contributed by atoms with Gasteiger partial charge in [0.25, 0.3) is 10.0 Å². The Balaban J connectivity index is 2.39. The zero-order valence-electron chi connectivity index (χ0n) is 11.2. The lowest BCUT2D eigenvalue weighted by Gasteiger charge is -2.08. The van der Waals surface area contributed by atoms with Crippen LogP contribution in [0, 0.1) is 17.7 Å². The lowest BCUT2D eigenvalue weighted by Crippen LogP contribution is -2.13. The fraction of sp³-hybridized carbons (Fsp3) is 0.154. The van der Waals surface area contributed by atoms with Crippen molar-refractivity contribution in [2.24, 2.45) is 12.8 Å². The maximum absolute atomic E-state index is 13.2. The van der Waals surface area contributed by atoms with Crippen LogP contribution in [0.2, 0.25) is 0 Å². The molecule has 0 spiro atoms. The van der Waals surface area contributed by atoms with Crippen LogP contribution in [0.5, 0.6) is 0 Å². The number of anilines is 1. The third kappa shape index (κ3) is 3.59. The number of nitrogens with zero attached hydrogens (tertiary/aromatic N) is 2. The minimum atomic E-state index is -3.81. The highest BCUT2D eigenvalue weighted by molar-refractivity contribution is 7.92. The van der Waals surface area contributed by atoms with Crippen molar-refractivity contribution in [2.75, 3.05) is 11.3 Å². The molecule has 0 radical (unpaired) electrons. The van der Waals surface area contributed by atoms with E-state index in [9.17, 15) is 12.8 Å². The molecule has 8 heteroatoms. The van der Waals surface area contributed by atoms with Gasteiger partial charge in [0.15, 0.2) is 0 Å². The van der Waals surface area contributed by atoms with Crippen LogP contribution in [0.3, 0.4) is 0 Å². The Morgan fingerprint density at radius 1 is 1.48 bits per heavy atom. The molecule has 21 heavy (non-hydrogen) atoms. The van der Waals surface area contributed by atoms with Crippen molar-refractivity contribution < 1.29 is 12.8 Å². The molecular formula is C13H13FN4O2S. The van der Waals surface area contributed by atoms with E-state index in [-0.39, 0.29) is 22.7 Å². The smallest absolute Gasteiger partial charge is 0.265 e. The van der Waals surface area contributed by atoms with Crippen LogP contribution in [-0.4, -0.2) is 24.7 Å². The number of nitrogens with two attached hydrogens (primary N) is 1. The number of aryl methyl sites for hydroxylation is 1. The molecule has 1 aromatic carbocycles. The predicted octanol–water partition coefficient (Wildman–Crippen LogP) is 0.670. The van der Waals surface area contributed by atoms with Crippen molar-refractivity contribution in [3.8, 4) is 11.8 Å². The second-order valence-electron chi connectivity index (χ2n) is 4.15. The normalized spacial score (nSPS) is 10.8. The first-order chi connectivity index (χ1) is 9.92. The van der Waals surface area contributed by atoms with Gasteiger partial charge in [-0.05, 0) is 18.2 Å². The Morgan fingerprint density at radius 2 is 2.24 bits per heavy atom. The molecule has 0 aliphatic carbocycles. The zero-order valence-corrected chi connectivity index (χ0v) is 12.0. The molecule has 0 aliphatic rings. The van der Waals surface area contributed by atoms with E-state index in [0.717, 1.165) is 12.1 Å². The number of benzene rings is 1. The Hall–Kier alpha value is -2.37. The van der Waals surface area contributed by atoms with E-state index in [0.29, 0.717) is 0 Å². The minimum Gasteiger partial charge on any atom is -0.320 e. The lowest BCUT2D eigenvalue weighted by molar-refractivity contribution is 0.600. The maximum atomic E-state index is 13.2. The van der Waals surface area contributed by atoms with E-state index in [1.165, 1.54) is 23.1 Å². The fourth-order valence-corrected chi connectivity index (χ4v) is 2.66. The van der Waals surface area contributed by atoms with Gasteiger partial charge >= 0.3 is 0 Å². The van der Waals surface area contributed by atoms with Crippen molar-refractivity contribution in [3.63, 3.8) is 0 Å². The van der Waals surface area contributed by atoms with Gasteiger partial charge in [-0.1, -0.05) is 11.8 Å². The van der Waals surface area contributed by atoms with Crippen molar-refractivity contribution >= 4 is 15.7 Å². The van der Waals surface area contributed by atoms with Crippen LogP contribution in [0.4, 0.5) is 10.1 Å². The van der Waals surface area contributed by atoms with Gasteiger partial charge in [0, 0.05) is 13.2 Å². The number of hydrogen-bond donors (Lipinski definition) is 2. The molecule has 6 nitrogen and oxygen atoms in total. The van der Waals surface area contributed by atoms with Crippen molar-refractivity contribution in [3.05, 3.63) is 42.0 Å². The molecule has 0 atom stereocenters. The van der Waals surface area contributed by atoms with E-state index >= 15 is 0 Å². The summed E-state index contributed by atoms with van der Waals surface area (Å²) in [6.07, 6.45) is 2.58. The number of hydrogen-bond acceptors (Lipinski definition) is 4. The van der Waals surface area contributed by atoms with Crippen molar-refractivity contribution in [1.82, 2.24) is 9.78 Å². The van der Waals surface area contributed by atoms with Crippen LogP contribution in [-0.2, 0) is 17.1 Å². The third-order valence-corrected chi connectivity index (χ3v) is 3.86. The van der Waals surface area contributed by atoms with E-state index in [1.807, 2.05) is 0 Å². The molecule has 110 valence electrons. The standard InChI is InChI=1S/C13H13FN4O2S/c1-18-9-12(8-16-18)21(19,20)17-13-5-4-11(14)7-10(13)3-2-6-15/h4-5,7-9,17H,6,15H2,1H3. The summed E-state index contributed by atoms with van der Waals surface area (Å²) in [6.45, 7) is 0.0886. The predicted molar refractivity (Wildman–Crippen MR) is 76.3 cm³/mol. The molecule has 1 heterocycles. The van der Waals surface area contributed by atoms with Crippen LogP contribution < -0.4 is 10.5 Å². The quantitative estimate of drug-likeness (QED) is 0.816. The Bertz CT molecular complexity index is 818. The van der Waals surface area contributed by atoms with Gasteiger partial charge in [0.2, 0.25) is 0 Å². The first kappa shape index (κ1) is 15.0. The third-order valence-electron chi connectivity index (χ3n) is 2.54. The summed E-state index contributed by atoms with van der Waals surface area (Å²) >= 11 is 0. The van der Waals surface area contributed by atoms with Crippen molar-refractivity contribution in [2.45, 2.75) is 4.90 Å². The van der Waals surface area contributed by atoms with Crippen LogP contribution in [0.25, 0.3) is 0 Å². The highest BCUT2D eigenvalue weighted by Gasteiger charge is 2.17. The lowest BCUT2D eigenvalue weighted by atomic mass is 10.2. The van der Waals surface area contributed by atoms with Gasteiger partial charge < -0.3 is 5.73 Å². The number of aromatic nitrogens is 2. The average molecular weight is 308 g/mol. The molecule has 0 fully saturated rings. The molecule has 0 saturated heterocycles. The molecule has 0 saturated carbocycles. The van der Waals surface area contributed by atoms with Gasteiger partial charge in [0.1, 0.15) is 10.7 Å². The molecule has 0 bridgehead atoms. The number of halogens is 1. The summed E-state index contributed by atoms with van der Waals surface area (Å²) in [5.74, 6) is 4.68. The zero-order chi connectivity index (χ0) is 15.5. The van der Waals surface area contributed by atoms with E-state index in [4.69, 9.17) is 5.73 Å². The van der Waals surface area contributed by atoms with E-state index < -0.39 is 15.8 Å². The molecular weight excluding hydrogens is 295 g/mol. The second-order valence-corrected chi connectivity index (χ2v) is 5.83. The Labute approximate surface area is 121 Å². The Kier molecular flexibility index (Phi) is 4.26. The van der Waals surface area contributed by atoms with Gasteiger partial charge in [-0.2, -0.15) is 5.10 Å². The summed E-state index contributed by atoms with van der Waals surface area (Å²) in [5, 5.41) is 3.80. The summed E-state index contributed by atoms with van der Waals surface area (Å²) in [5.41, 5.74) is 5.67. The molecule has 1 aromatic heterocycles. The molecule has 3 N–H and O–H groups in total. The molecule has 0 amide bonds. The highest BCUT2D eigenvalue weighted by atomic mass is 32.2. The van der Waals surface area contributed by atoms with Crippen LogP contribution in [0.15, 0.2) is 35.5 Å². The fourth-order valence-electron chi connectivity index (χ4n) is 1.60. The summed E-state index contributed by atoms with van der Waals surface area (Å²) in [7, 11) is -2.20. The minimum absolute atomic E-state index is 0.00654. The largest absolute Gasteiger partial charge is 0.320 e. The van der Waals surface area contributed by atoms with Gasteiger partial charge in [-0.15, -0.1) is 0 Å². The SMILES string of the molecule is Cn1cc(S(=O)(=O)Nc2ccc(F)cc2C#CCN)cn1. The number of nitrogens with one attached hydrogen (secondary N) is 1. The summed E-state index contributed by atoms with van der Waals surface area (Å²) in [6, 6.07) is 3.60. The number of sulfonamides is 1. The molecule has 2 aromatic rings.